The minimum Gasteiger partial charge on any atom is -0.0652 e. The molecule has 0 atom stereocenters. The van der Waals surface area contributed by atoms with Crippen LogP contribution in [0.3, 0.4) is 0 Å². The van der Waals surface area contributed by atoms with Gasteiger partial charge in [0, 0.05) is 7.26 Å². The van der Waals surface area contributed by atoms with Crippen molar-refractivity contribution in [2.75, 3.05) is 24.6 Å². The molecule has 0 N–H and O–H groups in total. The summed E-state index contributed by atoms with van der Waals surface area (Å²) >= 11 is 0. The number of hydrogen-bond donors (Lipinski definition) is 0. The Morgan fingerprint density at radius 2 is 1.27 bits per heavy atom. The first kappa shape index (κ1) is 19.4. The maximum atomic E-state index is 2.49. The molecule has 1 heteroatoms. The second kappa shape index (κ2) is 11.9. The molecule has 0 spiro atoms. The zero-order valence-corrected chi connectivity index (χ0v) is 16.0. The molecule has 124 valence electrons. The Labute approximate surface area is 139 Å². The quantitative estimate of drug-likeness (QED) is 0.360. The lowest BCUT2D eigenvalue weighted by Crippen LogP contribution is -2.11. The number of allylic oxidation sites excluding steroid dienone is 1. The Bertz CT molecular complexity index is 372. The van der Waals surface area contributed by atoms with E-state index in [1.807, 2.05) is 0 Å². The van der Waals surface area contributed by atoms with Gasteiger partial charge >= 0.3 is 0 Å². The summed E-state index contributed by atoms with van der Waals surface area (Å²) in [6, 6.07) is 10.8. The van der Waals surface area contributed by atoms with Crippen molar-refractivity contribution >= 4 is 13.3 Å². The van der Waals surface area contributed by atoms with Crippen molar-refractivity contribution < 1.29 is 0 Å². The molecule has 22 heavy (non-hydrogen) atoms. The number of rotatable bonds is 12. The van der Waals surface area contributed by atoms with Crippen LogP contribution in [0.25, 0.3) is 6.08 Å². The Morgan fingerprint density at radius 3 is 1.73 bits per heavy atom. The molecule has 0 aromatic heterocycles. The van der Waals surface area contributed by atoms with Crippen molar-refractivity contribution in [3.05, 3.63) is 42.0 Å². The number of benzene rings is 1. The summed E-state index contributed by atoms with van der Waals surface area (Å²) < 4.78 is 0. The van der Waals surface area contributed by atoms with Gasteiger partial charge in [0.2, 0.25) is 0 Å². The number of hydrogen-bond acceptors (Lipinski definition) is 0. The maximum Gasteiger partial charge on any atom is 0.0776 e. The predicted molar refractivity (Wildman–Crippen MR) is 107 cm³/mol. The first-order valence-electron chi connectivity index (χ1n) is 9.33. The normalized spacial score (nSPS) is 12.1. The van der Waals surface area contributed by atoms with Crippen LogP contribution in [0, 0.1) is 0 Å². The third-order valence-corrected chi connectivity index (χ3v) is 9.34. The molecule has 0 saturated heterocycles. The lowest BCUT2D eigenvalue weighted by molar-refractivity contribution is 0.836. The van der Waals surface area contributed by atoms with Gasteiger partial charge in [0.05, 0.1) is 24.6 Å². The Morgan fingerprint density at radius 1 is 0.773 bits per heavy atom. The molecule has 0 aliphatic heterocycles. The smallest absolute Gasteiger partial charge is 0.0652 e. The van der Waals surface area contributed by atoms with Crippen molar-refractivity contribution in [2.24, 2.45) is 0 Å². The van der Waals surface area contributed by atoms with Crippen molar-refractivity contribution in [3.63, 3.8) is 0 Å². The molecule has 0 aliphatic carbocycles. The van der Waals surface area contributed by atoms with Crippen LogP contribution < -0.4 is 0 Å². The van der Waals surface area contributed by atoms with Crippen LogP contribution in [0.5, 0.6) is 0 Å². The molecule has 0 amide bonds. The van der Waals surface area contributed by atoms with Gasteiger partial charge in [-0.2, -0.15) is 0 Å². The van der Waals surface area contributed by atoms with Gasteiger partial charge in [-0.1, -0.05) is 76.4 Å². The molecule has 1 rings (SSSR count). The zero-order valence-electron chi connectivity index (χ0n) is 15.1. The highest BCUT2D eigenvalue weighted by molar-refractivity contribution is 7.76. The molecule has 0 saturated carbocycles. The van der Waals surface area contributed by atoms with Gasteiger partial charge in [0.25, 0.3) is 0 Å². The largest absolute Gasteiger partial charge is 0.0776 e. The summed E-state index contributed by atoms with van der Waals surface area (Å²) in [6.45, 7) is 7.02. The fourth-order valence-corrected chi connectivity index (χ4v) is 7.80. The molecule has 0 nitrogen and oxygen atoms in total. The predicted octanol–water partition coefficient (Wildman–Crippen LogP) is 7.12. The van der Waals surface area contributed by atoms with E-state index in [0.717, 1.165) is 0 Å². The van der Waals surface area contributed by atoms with E-state index in [4.69, 9.17) is 0 Å². The molecule has 0 fully saturated rings. The van der Waals surface area contributed by atoms with E-state index in [-0.39, 0.29) is 0 Å². The zero-order chi connectivity index (χ0) is 16.1. The molecule has 0 aliphatic rings. The average molecular weight is 319 g/mol. The summed E-state index contributed by atoms with van der Waals surface area (Å²) in [5.74, 6) is 0. The molecule has 0 bridgehead atoms. The lowest BCUT2D eigenvalue weighted by atomic mass is 10.2. The maximum absolute atomic E-state index is 2.49. The van der Waals surface area contributed by atoms with Crippen LogP contribution in [0.2, 0.25) is 0 Å². The monoisotopic (exact) mass is 319 g/mol. The lowest BCUT2D eigenvalue weighted by Gasteiger charge is -2.26. The molecule has 0 heterocycles. The Balaban J connectivity index is 2.73. The average Bonchev–Trinajstić information content (AvgIpc) is 2.57. The summed E-state index contributed by atoms with van der Waals surface area (Å²) in [5, 5.41) is 0. The summed E-state index contributed by atoms with van der Waals surface area (Å²) in [4.78, 5) is 0. The van der Waals surface area contributed by atoms with E-state index < -0.39 is 7.26 Å². The summed E-state index contributed by atoms with van der Waals surface area (Å²) in [5.41, 5.74) is 1.35. The summed E-state index contributed by atoms with van der Waals surface area (Å²) in [7, 11) is -0.769. The minimum atomic E-state index is -0.769. The highest BCUT2D eigenvalue weighted by Crippen LogP contribution is 2.60. The second-order valence-corrected chi connectivity index (χ2v) is 11.0. The van der Waals surface area contributed by atoms with E-state index in [9.17, 15) is 0 Å². The minimum absolute atomic E-state index is 0.769. The van der Waals surface area contributed by atoms with E-state index in [1.165, 1.54) is 68.7 Å². The second-order valence-electron chi connectivity index (χ2n) is 6.57. The highest BCUT2D eigenvalue weighted by atomic mass is 31.2. The van der Waals surface area contributed by atoms with E-state index >= 15 is 0 Å². The molecule has 1 aromatic carbocycles. The van der Waals surface area contributed by atoms with Crippen molar-refractivity contribution in [1.29, 1.82) is 0 Å². The van der Waals surface area contributed by atoms with Crippen LogP contribution in [0.4, 0.5) is 0 Å². The summed E-state index contributed by atoms with van der Waals surface area (Å²) in [6.07, 6.45) is 19.1. The molecule has 1 aromatic rings. The van der Waals surface area contributed by atoms with Crippen LogP contribution in [0.1, 0.15) is 64.9 Å². The standard InChI is InChI=1S/C21H36P/c1-4-7-17-22(18-8-5-2,19-9-6-3)20-13-16-21-14-11-10-12-15-21/h10-16H,4-9,17-20H2,1-3H3/q+1. The molecular formula is C21H36P+. The van der Waals surface area contributed by atoms with Crippen LogP contribution in [-0.2, 0) is 0 Å². The number of unbranched alkanes of at least 4 members (excludes halogenated alkanes) is 3. The first-order chi connectivity index (χ1) is 10.8. The first-order valence-corrected chi connectivity index (χ1v) is 11.9. The highest BCUT2D eigenvalue weighted by Gasteiger charge is 2.33. The van der Waals surface area contributed by atoms with Crippen molar-refractivity contribution in [2.45, 2.75) is 59.3 Å². The molecular weight excluding hydrogens is 283 g/mol. The van der Waals surface area contributed by atoms with Crippen molar-refractivity contribution in [3.8, 4) is 0 Å². The van der Waals surface area contributed by atoms with Crippen molar-refractivity contribution in [1.82, 2.24) is 0 Å². The topological polar surface area (TPSA) is 0 Å². The van der Waals surface area contributed by atoms with E-state index in [2.05, 4.69) is 63.3 Å². The van der Waals surface area contributed by atoms with Gasteiger partial charge in [-0.15, -0.1) is 0 Å². The van der Waals surface area contributed by atoms with Gasteiger partial charge in [-0.25, -0.2) is 0 Å². The van der Waals surface area contributed by atoms with E-state index in [0.29, 0.717) is 0 Å². The fraction of sp³-hybridized carbons (Fsp3) is 0.619. The van der Waals surface area contributed by atoms with Gasteiger partial charge in [0.1, 0.15) is 0 Å². The van der Waals surface area contributed by atoms with E-state index in [1.54, 1.807) is 0 Å². The van der Waals surface area contributed by atoms with Crippen LogP contribution >= 0.6 is 7.26 Å². The van der Waals surface area contributed by atoms with Crippen LogP contribution in [-0.4, -0.2) is 24.6 Å². The van der Waals surface area contributed by atoms with Gasteiger partial charge in [0.15, 0.2) is 0 Å². The molecule has 0 unspecified atom stereocenters. The Kier molecular flexibility index (Phi) is 10.5. The van der Waals surface area contributed by atoms with Gasteiger partial charge in [-0.3, -0.25) is 0 Å². The fourth-order valence-electron chi connectivity index (χ4n) is 3.07. The SMILES string of the molecule is CCCC[P+](CC=Cc1ccccc1)(CCCC)CCCC. The van der Waals surface area contributed by atoms with Gasteiger partial charge < -0.3 is 0 Å². The molecule has 0 radical (unpaired) electrons. The van der Waals surface area contributed by atoms with Gasteiger partial charge in [-0.05, 0) is 30.9 Å². The third-order valence-electron chi connectivity index (χ3n) is 4.56. The third kappa shape index (κ3) is 7.59. The van der Waals surface area contributed by atoms with Crippen LogP contribution in [0.15, 0.2) is 36.4 Å². The Hall–Kier alpha value is -0.610.